The van der Waals surface area contributed by atoms with Crippen LogP contribution in [-0.2, 0) is 0 Å². The van der Waals surface area contributed by atoms with Crippen LogP contribution in [0.2, 0.25) is 0 Å². The highest BCUT2D eigenvalue weighted by Gasteiger charge is 2.46. The smallest absolute Gasteiger partial charge is 0.259 e. The van der Waals surface area contributed by atoms with Crippen molar-refractivity contribution >= 4 is 22.8 Å². The Bertz CT molecular complexity index is 1410. The van der Waals surface area contributed by atoms with Gasteiger partial charge in [0.15, 0.2) is 5.82 Å². The standard InChI is InChI=1S/C25H22F2N6O/c1-15-6-7-19(33-10-3-9-29-33)22(23(15)27)25(34)32-13-16-8-11-31(14-20(16)32)21-12-28-18-5-2-4-17(26)24(18)30-21/h2-7,9-10,12,16,20H,8,11,13-14H2,1H3/t16-,20-/m0/s1. The largest absolute Gasteiger partial charge is 0.353 e. The minimum atomic E-state index is -0.523. The van der Waals surface area contributed by atoms with Crippen LogP contribution in [0, 0.1) is 24.5 Å². The van der Waals surface area contributed by atoms with E-state index >= 15 is 4.39 Å². The average Bonchev–Trinajstić information content (AvgIpc) is 3.36. The van der Waals surface area contributed by atoms with E-state index in [0.29, 0.717) is 41.6 Å². The molecule has 0 aliphatic carbocycles. The van der Waals surface area contributed by atoms with Gasteiger partial charge in [0, 0.05) is 37.9 Å². The Balaban J connectivity index is 1.29. The number of carbonyl (C=O) groups excluding carboxylic acids is 1. The predicted molar refractivity (Wildman–Crippen MR) is 123 cm³/mol. The molecule has 4 heterocycles. The molecule has 2 aromatic heterocycles. The van der Waals surface area contributed by atoms with Crippen LogP contribution in [0.3, 0.4) is 0 Å². The van der Waals surface area contributed by atoms with E-state index in [4.69, 9.17) is 0 Å². The number of piperidine rings is 1. The van der Waals surface area contributed by atoms with Crippen molar-refractivity contribution in [1.82, 2.24) is 24.6 Å². The van der Waals surface area contributed by atoms with Crippen molar-refractivity contribution in [2.45, 2.75) is 19.4 Å². The van der Waals surface area contributed by atoms with Gasteiger partial charge < -0.3 is 9.80 Å². The number of amides is 1. The third kappa shape index (κ3) is 3.22. The molecule has 4 aromatic rings. The van der Waals surface area contributed by atoms with Gasteiger partial charge in [-0.25, -0.2) is 18.4 Å². The summed E-state index contributed by atoms with van der Waals surface area (Å²) in [4.78, 5) is 26.2. The molecular formula is C25H22F2N6O. The van der Waals surface area contributed by atoms with Crippen molar-refractivity contribution in [2.75, 3.05) is 24.5 Å². The first-order valence-electron chi connectivity index (χ1n) is 11.3. The van der Waals surface area contributed by atoms with E-state index in [1.165, 1.54) is 10.7 Å². The van der Waals surface area contributed by atoms with Crippen LogP contribution in [0.15, 0.2) is 55.0 Å². The maximum Gasteiger partial charge on any atom is 0.259 e. The van der Waals surface area contributed by atoms with Crippen molar-refractivity contribution in [3.63, 3.8) is 0 Å². The summed E-state index contributed by atoms with van der Waals surface area (Å²) < 4.78 is 31.0. The fourth-order valence-electron chi connectivity index (χ4n) is 5.00. The molecule has 6 rings (SSSR count). The minimum Gasteiger partial charge on any atom is -0.353 e. The number of hydrogen-bond acceptors (Lipinski definition) is 5. The van der Waals surface area contributed by atoms with Crippen LogP contribution in [0.1, 0.15) is 22.3 Å². The van der Waals surface area contributed by atoms with Crippen molar-refractivity contribution in [3.05, 3.63) is 77.8 Å². The predicted octanol–water partition coefficient (Wildman–Crippen LogP) is 3.75. The van der Waals surface area contributed by atoms with E-state index in [9.17, 15) is 9.18 Å². The molecule has 1 amide bonds. The lowest BCUT2D eigenvalue weighted by Gasteiger charge is -2.53. The van der Waals surface area contributed by atoms with Gasteiger partial charge in [-0.15, -0.1) is 0 Å². The maximum absolute atomic E-state index is 15.2. The molecule has 7 nitrogen and oxygen atoms in total. The summed E-state index contributed by atoms with van der Waals surface area (Å²) in [6.45, 7) is 3.52. The lowest BCUT2D eigenvalue weighted by Crippen LogP contribution is -2.66. The summed E-state index contributed by atoms with van der Waals surface area (Å²) in [6, 6.07) is 9.73. The van der Waals surface area contributed by atoms with E-state index in [1.54, 1.807) is 60.7 Å². The van der Waals surface area contributed by atoms with E-state index in [-0.39, 0.29) is 23.0 Å². The number of likely N-dealkylation sites (tertiary alicyclic amines) is 1. The van der Waals surface area contributed by atoms with Gasteiger partial charge in [0.25, 0.3) is 5.91 Å². The Morgan fingerprint density at radius 3 is 2.82 bits per heavy atom. The van der Waals surface area contributed by atoms with Gasteiger partial charge in [-0.05, 0) is 43.2 Å². The van der Waals surface area contributed by atoms with Crippen molar-refractivity contribution in [3.8, 4) is 5.69 Å². The molecule has 2 aliphatic rings. The van der Waals surface area contributed by atoms with Crippen molar-refractivity contribution in [1.29, 1.82) is 0 Å². The number of aryl methyl sites for hydroxylation is 1. The van der Waals surface area contributed by atoms with Gasteiger partial charge >= 0.3 is 0 Å². The number of para-hydroxylation sites is 1. The van der Waals surface area contributed by atoms with Gasteiger partial charge in [-0.2, -0.15) is 5.10 Å². The van der Waals surface area contributed by atoms with Gasteiger partial charge in [0.1, 0.15) is 22.7 Å². The molecule has 2 atom stereocenters. The molecule has 2 saturated heterocycles. The highest BCUT2D eigenvalue weighted by Crippen LogP contribution is 2.36. The van der Waals surface area contributed by atoms with Crippen LogP contribution in [0.5, 0.6) is 0 Å². The second-order valence-corrected chi connectivity index (χ2v) is 8.90. The zero-order chi connectivity index (χ0) is 23.4. The Kier molecular flexibility index (Phi) is 4.79. The SMILES string of the molecule is Cc1ccc(-n2cccn2)c(C(=O)N2C[C@@H]3CCN(c4cnc5cccc(F)c5n4)C[C@@H]32)c1F. The normalized spacial score (nSPS) is 19.7. The molecular weight excluding hydrogens is 438 g/mol. The molecule has 2 fully saturated rings. The number of rotatable bonds is 3. The molecule has 2 aromatic carbocycles. The summed E-state index contributed by atoms with van der Waals surface area (Å²) in [5, 5.41) is 4.19. The maximum atomic E-state index is 15.2. The molecule has 0 unspecified atom stereocenters. The monoisotopic (exact) mass is 460 g/mol. The fourth-order valence-corrected chi connectivity index (χ4v) is 5.00. The molecule has 2 aliphatic heterocycles. The quantitative estimate of drug-likeness (QED) is 0.466. The highest BCUT2D eigenvalue weighted by molar-refractivity contribution is 5.99. The Morgan fingerprint density at radius 1 is 1.12 bits per heavy atom. The number of hydrogen-bond donors (Lipinski definition) is 0. The van der Waals surface area contributed by atoms with Crippen molar-refractivity contribution in [2.24, 2.45) is 5.92 Å². The fraction of sp³-hybridized carbons (Fsp3) is 0.280. The second-order valence-electron chi connectivity index (χ2n) is 8.90. The van der Waals surface area contributed by atoms with Gasteiger partial charge in [-0.1, -0.05) is 12.1 Å². The Labute approximate surface area is 194 Å². The Hall–Kier alpha value is -3.88. The first kappa shape index (κ1) is 20.7. The molecule has 0 spiro atoms. The van der Waals surface area contributed by atoms with Crippen LogP contribution in [0.4, 0.5) is 14.6 Å². The van der Waals surface area contributed by atoms with Crippen LogP contribution in [0.25, 0.3) is 16.7 Å². The summed E-state index contributed by atoms with van der Waals surface area (Å²) in [7, 11) is 0. The summed E-state index contributed by atoms with van der Waals surface area (Å²) in [5.74, 6) is -0.362. The topological polar surface area (TPSA) is 67.2 Å². The lowest BCUT2D eigenvalue weighted by molar-refractivity contribution is 0.00741. The number of benzene rings is 2. The average molecular weight is 460 g/mol. The number of anilines is 1. The number of aromatic nitrogens is 4. The molecule has 0 radical (unpaired) electrons. The third-order valence-electron chi connectivity index (χ3n) is 6.93. The van der Waals surface area contributed by atoms with Gasteiger partial charge in [0.2, 0.25) is 0 Å². The number of halogens is 2. The minimum absolute atomic E-state index is 0.0341. The summed E-state index contributed by atoms with van der Waals surface area (Å²) >= 11 is 0. The van der Waals surface area contributed by atoms with E-state index in [1.807, 2.05) is 4.90 Å². The van der Waals surface area contributed by atoms with Crippen molar-refractivity contribution < 1.29 is 13.6 Å². The molecule has 0 N–H and O–H groups in total. The Morgan fingerprint density at radius 2 is 2.00 bits per heavy atom. The molecule has 9 heteroatoms. The molecule has 34 heavy (non-hydrogen) atoms. The lowest BCUT2D eigenvalue weighted by atomic mass is 9.81. The second kappa shape index (κ2) is 7.86. The number of carbonyl (C=O) groups is 1. The van der Waals surface area contributed by atoms with E-state index < -0.39 is 11.6 Å². The van der Waals surface area contributed by atoms with E-state index in [0.717, 1.165) is 13.0 Å². The van der Waals surface area contributed by atoms with Crippen LogP contribution in [-0.4, -0.2) is 56.2 Å². The zero-order valence-corrected chi connectivity index (χ0v) is 18.5. The number of nitrogens with zero attached hydrogens (tertiary/aromatic N) is 6. The zero-order valence-electron chi connectivity index (χ0n) is 18.5. The molecule has 0 saturated carbocycles. The first-order chi connectivity index (χ1) is 16.5. The third-order valence-corrected chi connectivity index (χ3v) is 6.93. The van der Waals surface area contributed by atoms with Crippen LogP contribution < -0.4 is 4.90 Å². The molecule has 172 valence electrons. The van der Waals surface area contributed by atoms with Crippen LogP contribution >= 0.6 is 0 Å². The van der Waals surface area contributed by atoms with Gasteiger partial charge in [-0.3, -0.25) is 9.78 Å². The number of fused-ring (bicyclic) bond motifs is 2. The summed E-state index contributed by atoms with van der Waals surface area (Å²) in [6.07, 6.45) is 5.80. The van der Waals surface area contributed by atoms with Gasteiger partial charge in [0.05, 0.1) is 23.4 Å². The highest BCUT2D eigenvalue weighted by atomic mass is 19.1. The summed E-state index contributed by atoms with van der Waals surface area (Å²) in [5.41, 5.74) is 1.60. The molecule has 0 bridgehead atoms. The first-order valence-corrected chi connectivity index (χ1v) is 11.3. The van der Waals surface area contributed by atoms with E-state index in [2.05, 4.69) is 15.1 Å².